The largest absolute Gasteiger partial charge is 0.354 e. The number of carbonyl (C=O) groups excluding carboxylic acids is 1. The lowest BCUT2D eigenvalue weighted by molar-refractivity contribution is 0.237. The van der Waals surface area contributed by atoms with Gasteiger partial charge >= 0.3 is 6.03 Å². The maximum atomic E-state index is 12.0. The van der Waals surface area contributed by atoms with Crippen LogP contribution in [0, 0.1) is 6.92 Å². The molecule has 1 aliphatic heterocycles. The van der Waals surface area contributed by atoms with Gasteiger partial charge in [-0.05, 0) is 25.5 Å². The van der Waals surface area contributed by atoms with Crippen molar-refractivity contribution in [1.82, 2.24) is 20.6 Å². The Morgan fingerprint density at radius 3 is 3.09 bits per heavy atom. The van der Waals surface area contributed by atoms with E-state index in [1.54, 1.807) is 23.7 Å². The third kappa shape index (κ3) is 3.73. The minimum absolute atomic E-state index is 0.126. The van der Waals surface area contributed by atoms with Gasteiger partial charge in [-0.2, -0.15) is 0 Å². The van der Waals surface area contributed by atoms with Gasteiger partial charge in [0.2, 0.25) is 0 Å². The summed E-state index contributed by atoms with van der Waals surface area (Å²) in [6.45, 7) is 4.19. The molecule has 22 heavy (non-hydrogen) atoms. The molecule has 1 unspecified atom stereocenters. The number of nitrogens with zero attached hydrogens (tertiary/aromatic N) is 3. The van der Waals surface area contributed by atoms with E-state index in [1.165, 1.54) is 0 Å². The number of anilines is 1. The highest BCUT2D eigenvalue weighted by Crippen LogP contribution is 2.17. The minimum Gasteiger partial charge on any atom is -0.354 e. The molecule has 0 aromatic carbocycles. The Balaban J connectivity index is 1.45. The Morgan fingerprint density at radius 2 is 2.36 bits per heavy atom. The number of urea groups is 1. The molecule has 3 rings (SSSR count). The molecule has 7 heteroatoms. The molecule has 3 heterocycles. The molecule has 0 spiro atoms. The second kappa shape index (κ2) is 6.74. The van der Waals surface area contributed by atoms with Crippen molar-refractivity contribution < 1.29 is 4.79 Å². The number of thiazole rings is 1. The van der Waals surface area contributed by atoms with E-state index >= 15 is 0 Å². The van der Waals surface area contributed by atoms with Crippen molar-refractivity contribution >= 4 is 23.2 Å². The van der Waals surface area contributed by atoms with Crippen molar-refractivity contribution in [2.75, 3.05) is 18.0 Å². The van der Waals surface area contributed by atoms with Crippen LogP contribution in [0.3, 0.4) is 0 Å². The van der Waals surface area contributed by atoms with Crippen LogP contribution in [0.1, 0.15) is 16.3 Å². The van der Waals surface area contributed by atoms with E-state index in [0.717, 1.165) is 35.2 Å². The van der Waals surface area contributed by atoms with Gasteiger partial charge in [-0.1, -0.05) is 6.07 Å². The van der Waals surface area contributed by atoms with E-state index in [1.807, 2.05) is 25.1 Å². The number of nitrogens with one attached hydrogen (secondary N) is 2. The van der Waals surface area contributed by atoms with Crippen LogP contribution >= 0.6 is 11.3 Å². The van der Waals surface area contributed by atoms with Crippen LogP contribution in [0.2, 0.25) is 0 Å². The highest BCUT2D eigenvalue weighted by molar-refractivity contribution is 7.11. The van der Waals surface area contributed by atoms with Gasteiger partial charge < -0.3 is 15.5 Å². The third-order valence-corrected chi connectivity index (χ3v) is 4.50. The van der Waals surface area contributed by atoms with Gasteiger partial charge in [0.25, 0.3) is 0 Å². The molecule has 2 aromatic rings. The number of aromatic nitrogens is 2. The summed E-state index contributed by atoms with van der Waals surface area (Å²) < 4.78 is 0. The van der Waals surface area contributed by atoms with E-state index in [2.05, 4.69) is 25.5 Å². The first kappa shape index (κ1) is 14.8. The van der Waals surface area contributed by atoms with Crippen molar-refractivity contribution in [3.8, 4) is 0 Å². The van der Waals surface area contributed by atoms with Crippen LogP contribution in [0.25, 0.3) is 0 Å². The average molecular weight is 317 g/mol. The zero-order chi connectivity index (χ0) is 15.4. The molecule has 1 aliphatic rings. The lowest BCUT2D eigenvalue weighted by atomic mass is 10.3. The summed E-state index contributed by atoms with van der Waals surface area (Å²) in [6.07, 6.45) is 4.53. The van der Waals surface area contributed by atoms with E-state index in [4.69, 9.17) is 0 Å². The number of rotatable bonds is 4. The van der Waals surface area contributed by atoms with E-state index < -0.39 is 0 Å². The Hall–Kier alpha value is -2.15. The molecule has 0 aliphatic carbocycles. The quantitative estimate of drug-likeness (QED) is 0.904. The van der Waals surface area contributed by atoms with Gasteiger partial charge in [0.1, 0.15) is 5.82 Å². The highest BCUT2D eigenvalue weighted by Gasteiger charge is 2.24. The molecule has 0 bridgehead atoms. The van der Waals surface area contributed by atoms with Gasteiger partial charge in [-0.25, -0.2) is 14.8 Å². The van der Waals surface area contributed by atoms with Crippen LogP contribution in [-0.4, -0.2) is 35.1 Å². The molecule has 1 atom stereocenters. The van der Waals surface area contributed by atoms with Crippen molar-refractivity contribution in [3.05, 3.63) is 40.5 Å². The molecule has 6 nitrogen and oxygen atoms in total. The molecular formula is C15H19N5OS. The molecule has 2 aromatic heterocycles. The lowest BCUT2D eigenvalue weighted by Crippen LogP contribution is -2.43. The average Bonchev–Trinajstić information content (AvgIpc) is 3.15. The van der Waals surface area contributed by atoms with Crippen molar-refractivity contribution in [3.63, 3.8) is 0 Å². The predicted octanol–water partition coefficient (Wildman–Crippen LogP) is 1.92. The number of hydrogen-bond donors (Lipinski definition) is 2. The number of amides is 2. The van der Waals surface area contributed by atoms with Gasteiger partial charge in [-0.15, -0.1) is 11.3 Å². The second-order valence-electron chi connectivity index (χ2n) is 5.29. The first-order valence-corrected chi connectivity index (χ1v) is 8.14. The molecular weight excluding hydrogens is 298 g/mol. The van der Waals surface area contributed by atoms with E-state index in [-0.39, 0.29) is 12.1 Å². The normalized spacial score (nSPS) is 17.5. The van der Waals surface area contributed by atoms with Crippen LogP contribution in [-0.2, 0) is 6.54 Å². The lowest BCUT2D eigenvalue weighted by Gasteiger charge is -2.17. The molecule has 0 radical (unpaired) electrons. The van der Waals surface area contributed by atoms with Crippen molar-refractivity contribution in [1.29, 1.82) is 0 Å². The van der Waals surface area contributed by atoms with Crippen LogP contribution < -0.4 is 15.5 Å². The standard InChI is InChI=1S/C15H19N5OS/c1-11-17-8-13(22-11)9-18-15(21)19-12-5-7-20(10-12)14-4-2-3-6-16-14/h2-4,6,8,12H,5,7,9-10H2,1H3,(H2,18,19,21). The Morgan fingerprint density at radius 1 is 1.45 bits per heavy atom. The summed E-state index contributed by atoms with van der Waals surface area (Å²) in [6, 6.07) is 5.91. The molecule has 2 amide bonds. The molecule has 2 N–H and O–H groups in total. The number of aryl methyl sites for hydroxylation is 1. The van der Waals surface area contributed by atoms with Gasteiger partial charge in [0.05, 0.1) is 11.6 Å². The highest BCUT2D eigenvalue weighted by atomic mass is 32.1. The minimum atomic E-state index is -0.126. The molecule has 116 valence electrons. The van der Waals surface area contributed by atoms with Crippen LogP contribution in [0.5, 0.6) is 0 Å². The van der Waals surface area contributed by atoms with Crippen LogP contribution in [0.4, 0.5) is 10.6 Å². The van der Waals surface area contributed by atoms with Gasteiger partial charge in [-0.3, -0.25) is 0 Å². The zero-order valence-corrected chi connectivity index (χ0v) is 13.3. The maximum absolute atomic E-state index is 12.0. The van der Waals surface area contributed by atoms with Crippen LogP contribution in [0.15, 0.2) is 30.6 Å². The zero-order valence-electron chi connectivity index (χ0n) is 12.5. The Labute approximate surface area is 133 Å². The summed E-state index contributed by atoms with van der Waals surface area (Å²) >= 11 is 1.60. The smallest absolute Gasteiger partial charge is 0.315 e. The first-order valence-electron chi connectivity index (χ1n) is 7.32. The summed E-state index contributed by atoms with van der Waals surface area (Å²) in [7, 11) is 0. The monoisotopic (exact) mass is 317 g/mol. The van der Waals surface area contributed by atoms with Crippen molar-refractivity contribution in [2.24, 2.45) is 0 Å². The second-order valence-corrected chi connectivity index (χ2v) is 6.61. The number of carbonyl (C=O) groups is 1. The fraction of sp³-hybridized carbons (Fsp3) is 0.400. The first-order chi connectivity index (χ1) is 10.7. The van der Waals surface area contributed by atoms with Gasteiger partial charge in [0.15, 0.2) is 0 Å². The topological polar surface area (TPSA) is 70.2 Å². The summed E-state index contributed by atoms with van der Waals surface area (Å²) in [4.78, 5) is 23.7. The fourth-order valence-electron chi connectivity index (χ4n) is 2.52. The van der Waals surface area contributed by atoms with Crippen molar-refractivity contribution in [2.45, 2.75) is 25.9 Å². The molecule has 1 saturated heterocycles. The SMILES string of the molecule is Cc1ncc(CNC(=O)NC2CCN(c3ccccn3)C2)s1. The number of hydrogen-bond acceptors (Lipinski definition) is 5. The fourth-order valence-corrected chi connectivity index (χ4v) is 3.25. The predicted molar refractivity (Wildman–Crippen MR) is 87.1 cm³/mol. The summed E-state index contributed by atoms with van der Waals surface area (Å²) in [5, 5.41) is 6.91. The Kier molecular flexibility index (Phi) is 4.53. The maximum Gasteiger partial charge on any atom is 0.315 e. The molecule has 1 fully saturated rings. The number of pyridine rings is 1. The molecule has 0 saturated carbocycles. The van der Waals surface area contributed by atoms with E-state index in [0.29, 0.717) is 6.54 Å². The van der Waals surface area contributed by atoms with E-state index in [9.17, 15) is 4.79 Å². The van der Waals surface area contributed by atoms with Gasteiger partial charge in [0, 0.05) is 36.4 Å². The summed E-state index contributed by atoms with van der Waals surface area (Å²) in [5.41, 5.74) is 0. The third-order valence-electron chi connectivity index (χ3n) is 3.59. The Bertz CT molecular complexity index is 630. The summed E-state index contributed by atoms with van der Waals surface area (Å²) in [5.74, 6) is 0.965.